The zero-order valence-corrected chi connectivity index (χ0v) is 14.6. The molecule has 26 heavy (non-hydrogen) atoms. The molecule has 0 amide bonds. The number of hydrogen-bond acceptors (Lipinski definition) is 3. The maximum absolute atomic E-state index is 12.8. The van der Waals surface area contributed by atoms with Crippen molar-refractivity contribution in [3.05, 3.63) is 94.8 Å². The molecule has 5 heteroatoms. The van der Waals surface area contributed by atoms with Gasteiger partial charge in [-0.05, 0) is 35.9 Å². The predicted octanol–water partition coefficient (Wildman–Crippen LogP) is 4.87. The number of rotatable bonds is 4. The molecular weight excluding hydrogens is 346 g/mol. The number of hydrogen-bond donors (Lipinski definition) is 1. The molecule has 2 aromatic carbocycles. The number of aromatic nitrogens is 2. The maximum atomic E-state index is 12.8. The second-order valence-corrected chi connectivity index (χ2v) is 6.13. The largest absolute Gasteiger partial charge is 0.341 e. The van der Waals surface area contributed by atoms with E-state index in [9.17, 15) is 4.79 Å². The Hall–Kier alpha value is -3.11. The lowest BCUT2D eigenvalue weighted by Gasteiger charge is -2.18. The van der Waals surface area contributed by atoms with Crippen LogP contribution in [0.1, 0.15) is 5.56 Å². The summed E-state index contributed by atoms with van der Waals surface area (Å²) in [5.74, 6) is 0.910. The van der Waals surface area contributed by atoms with Gasteiger partial charge in [-0.25, -0.2) is 4.98 Å². The average Bonchev–Trinajstić information content (AvgIpc) is 2.69. The fraction of sp³-hybridized carbons (Fsp3) is 0.0476. The van der Waals surface area contributed by atoms with Gasteiger partial charge in [-0.1, -0.05) is 36.4 Å². The highest BCUT2D eigenvalue weighted by Gasteiger charge is 2.14. The van der Waals surface area contributed by atoms with Gasteiger partial charge in [0, 0.05) is 29.5 Å². The fourth-order valence-electron chi connectivity index (χ4n) is 3.01. The van der Waals surface area contributed by atoms with E-state index in [2.05, 4.69) is 10.3 Å². The molecule has 128 valence electrons. The first-order chi connectivity index (χ1) is 12.8. The molecule has 0 aliphatic rings. The van der Waals surface area contributed by atoms with Gasteiger partial charge >= 0.3 is 0 Å². The zero-order chi connectivity index (χ0) is 17.9. The van der Waals surface area contributed by atoms with Gasteiger partial charge in [-0.2, -0.15) is 0 Å². The van der Waals surface area contributed by atoms with E-state index >= 15 is 0 Å². The van der Waals surface area contributed by atoms with E-state index in [0.717, 1.165) is 16.9 Å². The van der Waals surface area contributed by atoms with E-state index in [-0.39, 0.29) is 11.3 Å². The van der Waals surface area contributed by atoms with Crippen LogP contribution < -0.4 is 10.7 Å². The number of para-hydroxylation sites is 2. The first-order valence-corrected chi connectivity index (χ1v) is 8.78. The molecule has 0 bridgehead atoms. The summed E-state index contributed by atoms with van der Waals surface area (Å²) >= 11 is 6.05. The highest BCUT2D eigenvalue weighted by Crippen LogP contribution is 2.25. The fourth-order valence-corrected chi connectivity index (χ4v) is 3.24. The topological polar surface area (TPSA) is 46.9 Å². The van der Waals surface area contributed by atoms with Gasteiger partial charge in [-0.3, -0.25) is 9.36 Å². The highest BCUT2D eigenvalue weighted by atomic mass is 35.5. The first kappa shape index (κ1) is 16.4. The SMILES string of the molecule is O=c1cc(Nc2ccccc2)n(-c2ccccc2)c2nccc(CCl)c12. The van der Waals surface area contributed by atoms with E-state index in [0.29, 0.717) is 16.9 Å². The van der Waals surface area contributed by atoms with Gasteiger partial charge in [0.05, 0.1) is 5.39 Å². The standard InChI is InChI=1S/C21H16ClN3O/c22-14-15-11-12-23-21-20(15)18(26)13-19(24-16-7-3-1-4-8-16)25(21)17-9-5-2-6-10-17/h1-13,24H,14H2. The van der Waals surface area contributed by atoms with Crippen molar-refractivity contribution in [2.45, 2.75) is 5.88 Å². The number of anilines is 2. The Morgan fingerprint density at radius 3 is 2.35 bits per heavy atom. The molecule has 0 saturated heterocycles. The first-order valence-electron chi connectivity index (χ1n) is 8.25. The Kier molecular flexibility index (Phi) is 4.42. The molecule has 0 unspecified atom stereocenters. The molecular formula is C21H16ClN3O. The van der Waals surface area contributed by atoms with Crippen LogP contribution in [0, 0.1) is 0 Å². The minimum atomic E-state index is -0.102. The normalized spacial score (nSPS) is 10.8. The van der Waals surface area contributed by atoms with Crippen molar-refractivity contribution >= 4 is 34.1 Å². The summed E-state index contributed by atoms with van der Waals surface area (Å²) in [4.78, 5) is 17.3. The molecule has 0 radical (unpaired) electrons. The molecule has 0 aliphatic heterocycles. The van der Waals surface area contributed by atoms with Crippen molar-refractivity contribution < 1.29 is 0 Å². The minimum absolute atomic E-state index is 0.102. The number of pyridine rings is 2. The van der Waals surface area contributed by atoms with Gasteiger partial charge in [-0.15, -0.1) is 11.6 Å². The number of benzene rings is 2. The van der Waals surface area contributed by atoms with E-state index in [1.807, 2.05) is 65.2 Å². The smallest absolute Gasteiger partial charge is 0.193 e. The Balaban J connectivity index is 2.04. The van der Waals surface area contributed by atoms with Crippen molar-refractivity contribution in [2.75, 3.05) is 5.32 Å². The molecule has 0 saturated carbocycles. The summed E-state index contributed by atoms with van der Waals surface area (Å²) in [7, 11) is 0. The van der Waals surface area contributed by atoms with Crippen molar-refractivity contribution in [2.24, 2.45) is 0 Å². The highest BCUT2D eigenvalue weighted by molar-refractivity contribution is 6.17. The second-order valence-electron chi connectivity index (χ2n) is 5.86. The van der Waals surface area contributed by atoms with Crippen molar-refractivity contribution in [1.29, 1.82) is 0 Å². The van der Waals surface area contributed by atoms with Crippen LogP contribution in [0.3, 0.4) is 0 Å². The number of alkyl halides is 1. The monoisotopic (exact) mass is 361 g/mol. The molecule has 2 aromatic heterocycles. The van der Waals surface area contributed by atoms with Crippen LogP contribution in [0.4, 0.5) is 11.5 Å². The van der Waals surface area contributed by atoms with E-state index in [1.165, 1.54) is 0 Å². The maximum Gasteiger partial charge on any atom is 0.193 e. The van der Waals surface area contributed by atoms with Crippen molar-refractivity contribution in [3.8, 4) is 5.69 Å². The van der Waals surface area contributed by atoms with E-state index in [1.54, 1.807) is 18.3 Å². The third-order valence-corrected chi connectivity index (χ3v) is 4.48. The molecule has 1 N–H and O–H groups in total. The molecule has 0 aliphatic carbocycles. The number of fused-ring (bicyclic) bond motifs is 1. The molecule has 4 aromatic rings. The van der Waals surface area contributed by atoms with Crippen LogP contribution in [-0.2, 0) is 5.88 Å². The van der Waals surface area contributed by atoms with Crippen LogP contribution in [0.25, 0.3) is 16.7 Å². The number of nitrogens with zero attached hydrogens (tertiary/aromatic N) is 2. The Morgan fingerprint density at radius 2 is 1.65 bits per heavy atom. The predicted molar refractivity (Wildman–Crippen MR) is 107 cm³/mol. The lowest BCUT2D eigenvalue weighted by atomic mass is 10.1. The van der Waals surface area contributed by atoms with Crippen molar-refractivity contribution in [3.63, 3.8) is 0 Å². The quantitative estimate of drug-likeness (QED) is 0.527. The molecule has 4 nitrogen and oxygen atoms in total. The van der Waals surface area contributed by atoms with Gasteiger partial charge in [0.25, 0.3) is 0 Å². The summed E-state index contributed by atoms with van der Waals surface area (Å²) in [5, 5.41) is 3.88. The molecule has 2 heterocycles. The molecule has 0 atom stereocenters. The Labute approximate surface area is 155 Å². The minimum Gasteiger partial charge on any atom is -0.341 e. The summed E-state index contributed by atoms with van der Waals surface area (Å²) in [5.41, 5.74) is 3.06. The van der Waals surface area contributed by atoms with Gasteiger partial charge < -0.3 is 5.32 Å². The van der Waals surface area contributed by atoms with Gasteiger partial charge in [0.15, 0.2) is 5.43 Å². The molecule has 4 rings (SSSR count). The lowest BCUT2D eigenvalue weighted by molar-refractivity contribution is 1.06. The van der Waals surface area contributed by atoms with Crippen LogP contribution in [0.15, 0.2) is 83.8 Å². The third-order valence-electron chi connectivity index (χ3n) is 4.19. The van der Waals surface area contributed by atoms with Gasteiger partial charge in [0.1, 0.15) is 11.5 Å². The second kappa shape index (κ2) is 7.02. The average molecular weight is 362 g/mol. The van der Waals surface area contributed by atoms with E-state index < -0.39 is 0 Å². The Morgan fingerprint density at radius 1 is 0.962 bits per heavy atom. The van der Waals surface area contributed by atoms with Crippen molar-refractivity contribution in [1.82, 2.24) is 9.55 Å². The van der Waals surface area contributed by atoms with Gasteiger partial charge in [0.2, 0.25) is 0 Å². The summed E-state index contributed by atoms with van der Waals surface area (Å²) < 4.78 is 1.94. The third kappa shape index (κ3) is 2.95. The van der Waals surface area contributed by atoms with Crippen LogP contribution in [0.2, 0.25) is 0 Å². The zero-order valence-electron chi connectivity index (χ0n) is 13.9. The summed E-state index contributed by atoms with van der Waals surface area (Å²) in [6.45, 7) is 0. The number of halogens is 1. The molecule has 0 fully saturated rings. The van der Waals surface area contributed by atoms with E-state index in [4.69, 9.17) is 11.6 Å². The summed E-state index contributed by atoms with van der Waals surface area (Å²) in [6, 6.07) is 22.9. The number of nitrogens with one attached hydrogen (secondary N) is 1. The molecule has 0 spiro atoms. The Bertz CT molecular complexity index is 1110. The van der Waals surface area contributed by atoms with Crippen LogP contribution in [0.5, 0.6) is 0 Å². The van der Waals surface area contributed by atoms with Crippen LogP contribution in [-0.4, -0.2) is 9.55 Å². The lowest BCUT2D eigenvalue weighted by Crippen LogP contribution is -2.14. The summed E-state index contributed by atoms with van der Waals surface area (Å²) in [6.07, 6.45) is 1.69. The van der Waals surface area contributed by atoms with Crippen LogP contribution >= 0.6 is 11.6 Å².